The number of allylic oxidation sites excluding steroid dienone is 1. The van der Waals surface area contributed by atoms with Gasteiger partial charge in [0.1, 0.15) is 28.9 Å². The molecule has 1 atom stereocenters. The van der Waals surface area contributed by atoms with Crippen LogP contribution in [0.4, 0.5) is 0 Å². The molecule has 0 aliphatic carbocycles. The molecule has 0 saturated carbocycles. The first-order valence-corrected chi connectivity index (χ1v) is 11.6. The molecule has 0 aromatic heterocycles. The van der Waals surface area contributed by atoms with Crippen LogP contribution >= 0.6 is 34.8 Å². The van der Waals surface area contributed by atoms with Gasteiger partial charge in [-0.05, 0) is 60.9 Å². The third-order valence-electron chi connectivity index (χ3n) is 5.47. The van der Waals surface area contributed by atoms with Crippen LogP contribution in [0.1, 0.15) is 28.2 Å². The van der Waals surface area contributed by atoms with Crippen molar-refractivity contribution in [1.82, 2.24) is 0 Å². The Morgan fingerprint density at radius 1 is 1.03 bits per heavy atom. The van der Waals surface area contributed by atoms with E-state index in [0.29, 0.717) is 32.1 Å². The fraction of sp³-hybridized carbons (Fsp3) is 0.154. The van der Waals surface area contributed by atoms with E-state index in [2.05, 4.69) is 6.07 Å². The van der Waals surface area contributed by atoms with Crippen molar-refractivity contribution in [3.63, 3.8) is 0 Å². The van der Waals surface area contributed by atoms with Crippen LogP contribution in [0.2, 0.25) is 15.1 Å². The van der Waals surface area contributed by atoms with Gasteiger partial charge < -0.3 is 19.9 Å². The van der Waals surface area contributed by atoms with Crippen LogP contribution in [0.15, 0.2) is 60.0 Å². The number of hydrogen-bond acceptors (Lipinski definition) is 6. The molecule has 0 fully saturated rings. The molecule has 0 bridgehead atoms. The number of rotatable bonds is 5. The topological polar surface area (TPSA) is 94.6 Å². The Morgan fingerprint density at radius 3 is 2.40 bits per heavy atom. The largest absolute Gasteiger partial charge is 0.482 e. The van der Waals surface area contributed by atoms with Crippen molar-refractivity contribution >= 4 is 40.8 Å². The fourth-order valence-corrected chi connectivity index (χ4v) is 4.24. The van der Waals surface area contributed by atoms with E-state index in [1.165, 1.54) is 6.07 Å². The Kier molecular flexibility index (Phi) is 7.13. The highest BCUT2D eigenvalue weighted by molar-refractivity contribution is 6.42. The molecule has 3 aromatic rings. The molecule has 2 N–H and O–H groups in total. The molecular formula is C26H19Cl3N2O4. The lowest BCUT2D eigenvalue weighted by Gasteiger charge is -2.27. The minimum absolute atomic E-state index is 0.0450. The first-order chi connectivity index (χ1) is 16.7. The van der Waals surface area contributed by atoms with Gasteiger partial charge in [-0.15, -0.1) is 0 Å². The van der Waals surface area contributed by atoms with Gasteiger partial charge in [0, 0.05) is 16.7 Å². The lowest BCUT2D eigenvalue weighted by Crippen LogP contribution is -2.21. The summed E-state index contributed by atoms with van der Waals surface area (Å²) in [6.07, 6.45) is 0. The van der Waals surface area contributed by atoms with Gasteiger partial charge in [-0.3, -0.25) is 0 Å². The summed E-state index contributed by atoms with van der Waals surface area (Å²) in [6.45, 7) is 3.42. The van der Waals surface area contributed by atoms with Gasteiger partial charge in [0.25, 0.3) is 0 Å². The van der Waals surface area contributed by atoms with E-state index in [1.807, 2.05) is 13.8 Å². The first kappa shape index (κ1) is 24.7. The van der Waals surface area contributed by atoms with Gasteiger partial charge >= 0.3 is 5.97 Å². The number of esters is 1. The Bertz CT molecular complexity index is 1390. The number of carbonyl (C=O) groups excluding carboxylic acids is 1. The summed E-state index contributed by atoms with van der Waals surface area (Å²) in [6, 6.07) is 15.6. The van der Waals surface area contributed by atoms with E-state index in [1.54, 1.807) is 42.5 Å². The van der Waals surface area contributed by atoms with Gasteiger partial charge in [0.2, 0.25) is 5.88 Å². The quantitative estimate of drug-likeness (QED) is 0.301. The normalized spacial score (nSPS) is 14.6. The standard InChI is InChI=1S/C26H19Cl3N2O4/c1-13-7-17(8-14(2)25(13)29)33-12-23(32)34-16-4-5-18-22(10-16)35-26(31)19(11-30)24(18)15-3-6-20(27)21(28)9-15/h3-10,24H,12,31H2,1-2H3. The van der Waals surface area contributed by atoms with E-state index < -0.39 is 11.9 Å². The first-order valence-electron chi connectivity index (χ1n) is 10.4. The van der Waals surface area contributed by atoms with Crippen LogP contribution in [0.3, 0.4) is 0 Å². The van der Waals surface area contributed by atoms with E-state index in [-0.39, 0.29) is 23.8 Å². The van der Waals surface area contributed by atoms with Crippen molar-refractivity contribution in [1.29, 1.82) is 5.26 Å². The predicted molar refractivity (Wildman–Crippen MR) is 134 cm³/mol. The molecule has 0 spiro atoms. The van der Waals surface area contributed by atoms with Crippen LogP contribution in [0, 0.1) is 25.2 Å². The summed E-state index contributed by atoms with van der Waals surface area (Å²) in [7, 11) is 0. The van der Waals surface area contributed by atoms with Crippen LogP contribution in [0.25, 0.3) is 0 Å². The summed E-state index contributed by atoms with van der Waals surface area (Å²) in [4.78, 5) is 12.4. The highest BCUT2D eigenvalue weighted by Gasteiger charge is 2.31. The SMILES string of the molecule is Cc1cc(OCC(=O)Oc2ccc3c(c2)OC(N)=C(C#N)C3c2ccc(Cl)c(Cl)c2)cc(C)c1Cl. The number of carbonyl (C=O) groups is 1. The van der Waals surface area contributed by atoms with Crippen molar-refractivity contribution < 1.29 is 19.0 Å². The number of nitrogens with zero attached hydrogens (tertiary/aromatic N) is 1. The molecule has 0 saturated heterocycles. The number of benzene rings is 3. The second kappa shape index (κ2) is 10.1. The van der Waals surface area contributed by atoms with Gasteiger partial charge in [0.15, 0.2) is 6.61 Å². The number of aryl methyl sites for hydroxylation is 2. The molecule has 9 heteroatoms. The Morgan fingerprint density at radius 2 is 1.74 bits per heavy atom. The highest BCUT2D eigenvalue weighted by Crippen LogP contribution is 2.44. The Hall–Kier alpha value is -3.37. The molecule has 1 aliphatic rings. The van der Waals surface area contributed by atoms with Crippen molar-refractivity contribution in [2.24, 2.45) is 5.73 Å². The molecule has 4 rings (SSSR count). The van der Waals surface area contributed by atoms with Gasteiger partial charge in [-0.1, -0.05) is 46.9 Å². The number of fused-ring (bicyclic) bond motifs is 1. The maximum absolute atomic E-state index is 12.4. The van der Waals surface area contributed by atoms with Gasteiger partial charge in [0.05, 0.1) is 16.0 Å². The van der Waals surface area contributed by atoms with Crippen LogP contribution in [-0.4, -0.2) is 12.6 Å². The third-order valence-corrected chi connectivity index (χ3v) is 6.80. The molecule has 0 radical (unpaired) electrons. The molecule has 1 aliphatic heterocycles. The average Bonchev–Trinajstić information content (AvgIpc) is 2.82. The molecule has 1 unspecified atom stereocenters. The second-order valence-electron chi connectivity index (χ2n) is 7.93. The monoisotopic (exact) mass is 528 g/mol. The van der Waals surface area contributed by atoms with Crippen molar-refractivity contribution in [2.75, 3.05) is 6.61 Å². The van der Waals surface area contributed by atoms with Gasteiger partial charge in [-0.25, -0.2) is 4.79 Å². The fourth-order valence-electron chi connectivity index (χ4n) is 3.83. The lowest BCUT2D eigenvalue weighted by atomic mass is 9.83. The molecule has 35 heavy (non-hydrogen) atoms. The van der Waals surface area contributed by atoms with E-state index in [9.17, 15) is 10.1 Å². The summed E-state index contributed by atoms with van der Waals surface area (Å²) in [5.41, 5.74) is 9.35. The zero-order chi connectivity index (χ0) is 25.3. The minimum Gasteiger partial charge on any atom is -0.482 e. The number of hydrogen-bond donors (Lipinski definition) is 1. The predicted octanol–water partition coefficient (Wildman–Crippen LogP) is 6.47. The van der Waals surface area contributed by atoms with Crippen molar-refractivity contribution in [3.05, 3.63) is 97.3 Å². The highest BCUT2D eigenvalue weighted by atomic mass is 35.5. The summed E-state index contributed by atoms with van der Waals surface area (Å²) >= 11 is 18.4. The maximum atomic E-state index is 12.4. The summed E-state index contributed by atoms with van der Waals surface area (Å²) < 4.78 is 16.7. The van der Waals surface area contributed by atoms with Crippen molar-refractivity contribution in [3.8, 4) is 23.3 Å². The zero-order valence-corrected chi connectivity index (χ0v) is 21.0. The molecule has 1 heterocycles. The van der Waals surface area contributed by atoms with E-state index in [0.717, 1.165) is 16.7 Å². The summed E-state index contributed by atoms with van der Waals surface area (Å²) in [5.74, 6) is -0.0659. The lowest BCUT2D eigenvalue weighted by molar-refractivity contribution is -0.136. The Labute approximate surface area is 217 Å². The van der Waals surface area contributed by atoms with E-state index >= 15 is 0 Å². The molecule has 3 aromatic carbocycles. The maximum Gasteiger partial charge on any atom is 0.349 e. The van der Waals surface area contributed by atoms with E-state index in [4.69, 9.17) is 54.7 Å². The minimum atomic E-state index is -0.603. The molecule has 178 valence electrons. The summed E-state index contributed by atoms with van der Waals surface area (Å²) in [5, 5.41) is 11.1. The number of nitriles is 1. The van der Waals surface area contributed by atoms with Crippen LogP contribution in [0.5, 0.6) is 17.2 Å². The van der Waals surface area contributed by atoms with Gasteiger partial charge in [-0.2, -0.15) is 5.26 Å². The zero-order valence-electron chi connectivity index (χ0n) is 18.7. The molecular weight excluding hydrogens is 511 g/mol. The molecule has 6 nitrogen and oxygen atoms in total. The van der Waals surface area contributed by atoms with Crippen LogP contribution in [-0.2, 0) is 4.79 Å². The average molecular weight is 530 g/mol. The number of ether oxygens (including phenoxy) is 3. The smallest absolute Gasteiger partial charge is 0.349 e. The number of nitrogens with two attached hydrogens (primary N) is 1. The number of halogens is 3. The Balaban J connectivity index is 1.54. The van der Waals surface area contributed by atoms with Crippen LogP contribution < -0.4 is 19.9 Å². The molecule has 0 amide bonds. The second-order valence-corrected chi connectivity index (χ2v) is 9.12. The van der Waals surface area contributed by atoms with Crippen molar-refractivity contribution in [2.45, 2.75) is 19.8 Å². The third kappa shape index (κ3) is 5.18.